The van der Waals surface area contributed by atoms with Gasteiger partial charge < -0.3 is 14.5 Å². The first-order valence-corrected chi connectivity index (χ1v) is 9.20. The Balaban J connectivity index is 1.93. The molecule has 0 spiro atoms. The summed E-state index contributed by atoms with van der Waals surface area (Å²) in [4.78, 5) is 14.3. The standard InChI is InChI=1S/C20H28N4O/c1-4-17-18(5-2)21-20(22-19(17)24-11-13-25-14-12-24)23(3)15-16-9-7-6-8-10-16/h6-10H,4-5,11-15H2,1-3H3. The maximum absolute atomic E-state index is 5.51. The zero-order chi connectivity index (χ0) is 17.6. The molecule has 0 atom stereocenters. The molecule has 0 aliphatic carbocycles. The molecule has 1 fully saturated rings. The van der Waals surface area contributed by atoms with E-state index in [1.54, 1.807) is 0 Å². The monoisotopic (exact) mass is 340 g/mol. The highest BCUT2D eigenvalue weighted by atomic mass is 16.5. The SMILES string of the molecule is CCc1nc(N(C)Cc2ccccc2)nc(N2CCOCC2)c1CC. The summed E-state index contributed by atoms with van der Waals surface area (Å²) < 4.78 is 5.51. The molecule has 1 aliphatic heterocycles. The van der Waals surface area contributed by atoms with E-state index in [1.165, 1.54) is 11.1 Å². The quantitative estimate of drug-likeness (QED) is 0.808. The Morgan fingerprint density at radius 1 is 1.04 bits per heavy atom. The van der Waals surface area contributed by atoms with Crippen molar-refractivity contribution in [2.45, 2.75) is 33.2 Å². The number of ether oxygens (including phenoxy) is 1. The Morgan fingerprint density at radius 3 is 2.40 bits per heavy atom. The van der Waals surface area contributed by atoms with Crippen LogP contribution in [0, 0.1) is 0 Å². The van der Waals surface area contributed by atoms with E-state index in [4.69, 9.17) is 14.7 Å². The Morgan fingerprint density at radius 2 is 1.76 bits per heavy atom. The molecule has 0 bridgehead atoms. The van der Waals surface area contributed by atoms with Crippen LogP contribution in [0.25, 0.3) is 0 Å². The van der Waals surface area contributed by atoms with E-state index in [2.05, 4.69) is 55.0 Å². The largest absolute Gasteiger partial charge is 0.378 e. The van der Waals surface area contributed by atoms with Crippen LogP contribution in [0.5, 0.6) is 0 Å². The molecule has 5 nitrogen and oxygen atoms in total. The molecule has 1 saturated heterocycles. The highest BCUT2D eigenvalue weighted by molar-refractivity contribution is 5.54. The molecule has 0 unspecified atom stereocenters. The van der Waals surface area contributed by atoms with Gasteiger partial charge in [0.1, 0.15) is 5.82 Å². The number of benzene rings is 1. The average Bonchev–Trinajstić information content (AvgIpc) is 2.68. The minimum Gasteiger partial charge on any atom is -0.378 e. The van der Waals surface area contributed by atoms with Crippen LogP contribution in [-0.2, 0) is 24.1 Å². The van der Waals surface area contributed by atoms with E-state index in [0.29, 0.717) is 0 Å². The minimum atomic E-state index is 0.768. The normalized spacial score (nSPS) is 14.6. The third-order valence-electron chi connectivity index (χ3n) is 4.66. The molecule has 1 aliphatic rings. The Labute approximate surface area is 150 Å². The molecule has 1 aromatic carbocycles. The molecule has 0 N–H and O–H groups in total. The zero-order valence-corrected chi connectivity index (χ0v) is 15.5. The van der Waals surface area contributed by atoms with Crippen LogP contribution in [0.1, 0.15) is 30.7 Å². The van der Waals surface area contributed by atoms with Gasteiger partial charge in [0.25, 0.3) is 0 Å². The molecule has 0 saturated carbocycles. The summed E-state index contributed by atoms with van der Waals surface area (Å²) in [6.07, 6.45) is 1.88. The van der Waals surface area contributed by atoms with Crippen LogP contribution >= 0.6 is 0 Å². The van der Waals surface area contributed by atoms with Crippen LogP contribution < -0.4 is 9.80 Å². The molecule has 0 amide bonds. The summed E-state index contributed by atoms with van der Waals surface area (Å²) in [5, 5.41) is 0. The first-order chi connectivity index (χ1) is 12.2. The summed E-state index contributed by atoms with van der Waals surface area (Å²) >= 11 is 0. The highest BCUT2D eigenvalue weighted by Gasteiger charge is 2.21. The van der Waals surface area contributed by atoms with Gasteiger partial charge in [-0.2, -0.15) is 4.98 Å². The molecular formula is C20H28N4O. The van der Waals surface area contributed by atoms with Gasteiger partial charge in [-0.25, -0.2) is 4.98 Å². The predicted molar refractivity (Wildman–Crippen MR) is 102 cm³/mol. The summed E-state index contributed by atoms with van der Waals surface area (Å²) in [7, 11) is 2.07. The number of morpholine rings is 1. The van der Waals surface area contributed by atoms with Crippen molar-refractivity contribution in [2.75, 3.05) is 43.2 Å². The third-order valence-corrected chi connectivity index (χ3v) is 4.66. The van der Waals surface area contributed by atoms with Gasteiger partial charge in [0, 0.05) is 32.2 Å². The van der Waals surface area contributed by atoms with Crippen molar-refractivity contribution < 1.29 is 4.74 Å². The molecule has 134 valence electrons. The van der Waals surface area contributed by atoms with Crippen LogP contribution in [0.15, 0.2) is 30.3 Å². The van der Waals surface area contributed by atoms with Crippen molar-refractivity contribution >= 4 is 11.8 Å². The summed E-state index contributed by atoms with van der Waals surface area (Å²) in [6, 6.07) is 10.5. The molecule has 1 aromatic heterocycles. The number of rotatable bonds is 6. The smallest absolute Gasteiger partial charge is 0.227 e. The lowest BCUT2D eigenvalue weighted by Gasteiger charge is -2.31. The fraction of sp³-hybridized carbons (Fsp3) is 0.500. The lowest BCUT2D eigenvalue weighted by Crippen LogP contribution is -2.38. The van der Waals surface area contributed by atoms with Crippen molar-refractivity contribution in [1.82, 2.24) is 9.97 Å². The maximum Gasteiger partial charge on any atom is 0.227 e. The molecule has 2 heterocycles. The molecule has 2 aromatic rings. The minimum absolute atomic E-state index is 0.768. The number of hydrogen-bond donors (Lipinski definition) is 0. The molecule has 25 heavy (non-hydrogen) atoms. The predicted octanol–water partition coefficient (Wildman–Crippen LogP) is 3.07. The van der Waals surface area contributed by atoms with Gasteiger partial charge in [-0.3, -0.25) is 0 Å². The second-order valence-corrected chi connectivity index (χ2v) is 6.42. The van der Waals surface area contributed by atoms with Crippen molar-refractivity contribution in [3.8, 4) is 0 Å². The van der Waals surface area contributed by atoms with Crippen molar-refractivity contribution in [2.24, 2.45) is 0 Å². The van der Waals surface area contributed by atoms with Gasteiger partial charge >= 0.3 is 0 Å². The first-order valence-electron chi connectivity index (χ1n) is 9.20. The number of hydrogen-bond acceptors (Lipinski definition) is 5. The van der Waals surface area contributed by atoms with Crippen LogP contribution in [0.4, 0.5) is 11.8 Å². The summed E-state index contributed by atoms with van der Waals surface area (Å²) in [5.74, 6) is 1.90. The molecule has 3 rings (SSSR count). The topological polar surface area (TPSA) is 41.5 Å². The van der Waals surface area contributed by atoms with Gasteiger partial charge in [0.2, 0.25) is 5.95 Å². The number of nitrogens with zero attached hydrogens (tertiary/aromatic N) is 4. The molecule has 0 radical (unpaired) electrons. The van der Waals surface area contributed by atoms with E-state index in [1.807, 2.05) is 6.07 Å². The second kappa shape index (κ2) is 8.30. The average molecular weight is 340 g/mol. The molecule has 5 heteroatoms. The number of aromatic nitrogens is 2. The van der Waals surface area contributed by atoms with Gasteiger partial charge in [-0.05, 0) is 18.4 Å². The van der Waals surface area contributed by atoms with Gasteiger partial charge in [-0.1, -0.05) is 44.2 Å². The fourth-order valence-corrected chi connectivity index (χ4v) is 3.29. The first kappa shape index (κ1) is 17.7. The van der Waals surface area contributed by atoms with E-state index in [9.17, 15) is 0 Å². The van der Waals surface area contributed by atoms with Crippen LogP contribution in [0.2, 0.25) is 0 Å². The van der Waals surface area contributed by atoms with Crippen molar-refractivity contribution in [3.63, 3.8) is 0 Å². The van der Waals surface area contributed by atoms with Gasteiger partial charge in [0.15, 0.2) is 0 Å². The van der Waals surface area contributed by atoms with Gasteiger partial charge in [-0.15, -0.1) is 0 Å². The lowest BCUT2D eigenvalue weighted by atomic mass is 10.1. The molecular weight excluding hydrogens is 312 g/mol. The zero-order valence-electron chi connectivity index (χ0n) is 15.5. The lowest BCUT2D eigenvalue weighted by molar-refractivity contribution is 0.122. The van der Waals surface area contributed by atoms with Gasteiger partial charge in [0.05, 0.1) is 18.9 Å². The van der Waals surface area contributed by atoms with E-state index in [-0.39, 0.29) is 0 Å². The van der Waals surface area contributed by atoms with Crippen LogP contribution in [-0.4, -0.2) is 43.3 Å². The Kier molecular flexibility index (Phi) is 5.87. The van der Waals surface area contributed by atoms with Crippen molar-refractivity contribution in [3.05, 3.63) is 47.2 Å². The second-order valence-electron chi connectivity index (χ2n) is 6.42. The maximum atomic E-state index is 5.51. The fourth-order valence-electron chi connectivity index (χ4n) is 3.29. The van der Waals surface area contributed by atoms with E-state index in [0.717, 1.165) is 63.1 Å². The number of aryl methyl sites for hydroxylation is 1. The van der Waals surface area contributed by atoms with E-state index >= 15 is 0 Å². The Hall–Kier alpha value is -2.14. The van der Waals surface area contributed by atoms with Crippen molar-refractivity contribution in [1.29, 1.82) is 0 Å². The third kappa shape index (κ3) is 4.10. The van der Waals surface area contributed by atoms with E-state index < -0.39 is 0 Å². The number of anilines is 2. The summed E-state index contributed by atoms with van der Waals surface area (Å²) in [5.41, 5.74) is 3.70. The summed E-state index contributed by atoms with van der Waals surface area (Å²) in [6.45, 7) is 8.50. The van der Waals surface area contributed by atoms with Crippen LogP contribution in [0.3, 0.4) is 0 Å². The highest BCUT2D eigenvalue weighted by Crippen LogP contribution is 2.26. The Bertz CT molecular complexity index is 684.